The topological polar surface area (TPSA) is 13.1 Å². The minimum atomic E-state index is 0.909. The summed E-state index contributed by atoms with van der Waals surface area (Å²) in [4.78, 5) is 0. The normalized spacial score (nSPS) is 11.6. The highest BCUT2D eigenvalue weighted by atomic mass is 16.3. The van der Waals surface area contributed by atoms with Crippen LogP contribution < -0.4 is 0 Å². The van der Waals surface area contributed by atoms with Gasteiger partial charge in [-0.2, -0.15) is 0 Å². The van der Waals surface area contributed by atoms with Gasteiger partial charge in [0.1, 0.15) is 11.2 Å². The fraction of sp³-hybridized carbons (Fsp3) is 0. The third kappa shape index (κ3) is 3.41. The van der Waals surface area contributed by atoms with Crippen molar-refractivity contribution < 1.29 is 4.42 Å². The van der Waals surface area contributed by atoms with Crippen LogP contribution >= 0.6 is 0 Å². The molecule has 0 spiro atoms. The standard InChI is InChI=1S/C38H24O/c1-3-12-25(13-4-1)28-20-11-21-33-34-24-27(22-23-35(34)39-38(28)33)37-31-18-9-7-16-29(31)36(26-14-5-2-6-15-26)30-17-8-10-19-32(30)37/h1-24H. The number of furan rings is 1. The van der Waals surface area contributed by atoms with Gasteiger partial charge in [-0.3, -0.25) is 0 Å². The van der Waals surface area contributed by atoms with Crippen molar-refractivity contribution in [1.29, 1.82) is 0 Å². The molecule has 0 N–H and O–H groups in total. The third-order valence-corrected chi connectivity index (χ3v) is 7.86. The largest absolute Gasteiger partial charge is 0.455 e. The Balaban J connectivity index is 1.44. The van der Waals surface area contributed by atoms with Gasteiger partial charge in [0.2, 0.25) is 0 Å². The van der Waals surface area contributed by atoms with Gasteiger partial charge in [0, 0.05) is 16.3 Å². The zero-order valence-electron chi connectivity index (χ0n) is 21.3. The molecule has 0 amide bonds. The van der Waals surface area contributed by atoms with Crippen LogP contribution in [0.25, 0.3) is 76.9 Å². The predicted molar refractivity (Wildman–Crippen MR) is 165 cm³/mol. The van der Waals surface area contributed by atoms with Crippen molar-refractivity contribution in [2.75, 3.05) is 0 Å². The van der Waals surface area contributed by atoms with E-state index in [0.717, 1.165) is 33.1 Å². The van der Waals surface area contributed by atoms with Gasteiger partial charge in [0.05, 0.1) is 0 Å². The summed E-state index contributed by atoms with van der Waals surface area (Å²) in [5, 5.41) is 7.32. The number of fused-ring (bicyclic) bond motifs is 5. The van der Waals surface area contributed by atoms with E-state index in [-0.39, 0.29) is 0 Å². The molecule has 8 aromatic rings. The van der Waals surface area contributed by atoms with Crippen LogP contribution in [-0.2, 0) is 0 Å². The summed E-state index contributed by atoms with van der Waals surface area (Å²) in [5.74, 6) is 0. The zero-order chi connectivity index (χ0) is 25.8. The second kappa shape index (κ2) is 8.72. The highest BCUT2D eigenvalue weighted by Crippen LogP contribution is 2.45. The fourth-order valence-electron chi connectivity index (χ4n) is 6.15. The van der Waals surface area contributed by atoms with Crippen molar-refractivity contribution in [2.24, 2.45) is 0 Å². The minimum absolute atomic E-state index is 0.909. The Morgan fingerprint density at radius 2 is 0.846 bits per heavy atom. The lowest BCUT2D eigenvalue weighted by atomic mass is 9.86. The Kier molecular flexibility index (Phi) is 4.89. The van der Waals surface area contributed by atoms with Gasteiger partial charge in [-0.25, -0.2) is 0 Å². The van der Waals surface area contributed by atoms with Crippen molar-refractivity contribution in [1.82, 2.24) is 0 Å². The van der Waals surface area contributed by atoms with Gasteiger partial charge in [-0.1, -0.05) is 133 Å². The molecule has 0 radical (unpaired) electrons. The first-order chi connectivity index (χ1) is 19.4. The average Bonchev–Trinajstić information content (AvgIpc) is 3.39. The Bertz CT molecular complexity index is 2090. The van der Waals surface area contributed by atoms with Crippen molar-refractivity contribution >= 4 is 43.5 Å². The van der Waals surface area contributed by atoms with E-state index in [4.69, 9.17) is 4.42 Å². The molecule has 0 saturated carbocycles. The van der Waals surface area contributed by atoms with E-state index in [1.165, 1.54) is 43.8 Å². The Hall–Kier alpha value is -5.14. The second-order valence-corrected chi connectivity index (χ2v) is 10.1. The van der Waals surface area contributed by atoms with Crippen LogP contribution in [0.1, 0.15) is 0 Å². The summed E-state index contributed by atoms with van der Waals surface area (Å²) in [6.45, 7) is 0. The van der Waals surface area contributed by atoms with Gasteiger partial charge in [-0.15, -0.1) is 0 Å². The van der Waals surface area contributed by atoms with E-state index in [0.29, 0.717) is 0 Å². The van der Waals surface area contributed by atoms with Crippen molar-refractivity contribution in [3.05, 3.63) is 146 Å². The SMILES string of the molecule is c1ccc(-c2c3ccccc3c(-c3ccc4oc5c(-c6ccccc6)cccc5c4c3)c3ccccc23)cc1. The first kappa shape index (κ1) is 21.9. The zero-order valence-corrected chi connectivity index (χ0v) is 21.3. The lowest BCUT2D eigenvalue weighted by Crippen LogP contribution is -1.90. The molecular weight excluding hydrogens is 472 g/mol. The molecule has 0 unspecified atom stereocenters. The maximum Gasteiger partial charge on any atom is 0.143 e. The van der Waals surface area contributed by atoms with Crippen LogP contribution in [0.5, 0.6) is 0 Å². The van der Waals surface area contributed by atoms with E-state index in [1.807, 2.05) is 6.07 Å². The molecule has 1 heterocycles. The molecule has 7 aromatic carbocycles. The molecule has 1 heteroatoms. The molecule has 182 valence electrons. The predicted octanol–water partition coefficient (Wildman–Crippen LogP) is 10.9. The molecule has 8 rings (SSSR count). The number of hydrogen-bond acceptors (Lipinski definition) is 1. The molecule has 0 saturated heterocycles. The summed E-state index contributed by atoms with van der Waals surface area (Å²) < 4.78 is 6.48. The molecule has 1 aromatic heterocycles. The fourth-order valence-corrected chi connectivity index (χ4v) is 6.15. The maximum absolute atomic E-state index is 6.48. The minimum Gasteiger partial charge on any atom is -0.455 e. The first-order valence-electron chi connectivity index (χ1n) is 13.4. The summed E-state index contributed by atoms with van der Waals surface area (Å²) in [6.07, 6.45) is 0. The lowest BCUT2D eigenvalue weighted by molar-refractivity contribution is 0.670. The van der Waals surface area contributed by atoms with E-state index >= 15 is 0 Å². The summed E-state index contributed by atoms with van der Waals surface area (Å²) in [7, 11) is 0. The van der Waals surface area contributed by atoms with Crippen molar-refractivity contribution in [3.63, 3.8) is 0 Å². The summed E-state index contributed by atoms with van der Waals surface area (Å²) in [6, 6.07) is 51.9. The Morgan fingerprint density at radius 1 is 0.333 bits per heavy atom. The van der Waals surface area contributed by atoms with E-state index in [9.17, 15) is 0 Å². The van der Waals surface area contributed by atoms with Crippen LogP contribution in [0.3, 0.4) is 0 Å². The molecule has 0 aliphatic rings. The van der Waals surface area contributed by atoms with Gasteiger partial charge < -0.3 is 4.42 Å². The van der Waals surface area contributed by atoms with Gasteiger partial charge in [0.15, 0.2) is 0 Å². The van der Waals surface area contributed by atoms with Gasteiger partial charge in [-0.05, 0) is 61.5 Å². The monoisotopic (exact) mass is 496 g/mol. The molecule has 1 nitrogen and oxygen atoms in total. The smallest absolute Gasteiger partial charge is 0.143 e. The van der Waals surface area contributed by atoms with E-state index < -0.39 is 0 Å². The molecule has 0 fully saturated rings. The average molecular weight is 497 g/mol. The first-order valence-corrected chi connectivity index (χ1v) is 13.4. The van der Waals surface area contributed by atoms with Crippen molar-refractivity contribution in [3.8, 4) is 33.4 Å². The number of hydrogen-bond donors (Lipinski definition) is 0. The molecular formula is C38H24O. The summed E-state index contributed by atoms with van der Waals surface area (Å²) in [5.41, 5.74) is 9.11. The highest BCUT2D eigenvalue weighted by molar-refractivity contribution is 6.22. The molecule has 0 bridgehead atoms. The van der Waals surface area contributed by atoms with E-state index in [1.54, 1.807) is 0 Å². The molecule has 39 heavy (non-hydrogen) atoms. The molecule has 0 aliphatic carbocycles. The second-order valence-electron chi connectivity index (χ2n) is 10.1. The van der Waals surface area contributed by atoms with Crippen LogP contribution in [0, 0.1) is 0 Å². The lowest BCUT2D eigenvalue weighted by Gasteiger charge is -2.17. The van der Waals surface area contributed by atoms with Gasteiger partial charge >= 0.3 is 0 Å². The van der Waals surface area contributed by atoms with Crippen LogP contribution in [0.15, 0.2) is 150 Å². The Morgan fingerprint density at radius 3 is 1.46 bits per heavy atom. The van der Waals surface area contributed by atoms with Crippen LogP contribution in [0.4, 0.5) is 0 Å². The third-order valence-electron chi connectivity index (χ3n) is 7.86. The van der Waals surface area contributed by atoms with Crippen LogP contribution in [-0.4, -0.2) is 0 Å². The quantitative estimate of drug-likeness (QED) is 0.222. The Labute approximate surface area is 226 Å². The highest BCUT2D eigenvalue weighted by Gasteiger charge is 2.18. The number of benzene rings is 7. The molecule has 0 atom stereocenters. The maximum atomic E-state index is 6.48. The number of rotatable bonds is 3. The van der Waals surface area contributed by atoms with Crippen molar-refractivity contribution in [2.45, 2.75) is 0 Å². The van der Waals surface area contributed by atoms with Gasteiger partial charge in [0.25, 0.3) is 0 Å². The van der Waals surface area contributed by atoms with E-state index in [2.05, 4.69) is 140 Å². The van der Waals surface area contributed by atoms with Crippen LogP contribution in [0.2, 0.25) is 0 Å². The molecule has 0 aliphatic heterocycles. The number of para-hydroxylation sites is 1. The summed E-state index contributed by atoms with van der Waals surface area (Å²) >= 11 is 0.